The predicted molar refractivity (Wildman–Crippen MR) is 117 cm³/mol. The highest BCUT2D eigenvalue weighted by atomic mass is 35.5. The summed E-state index contributed by atoms with van der Waals surface area (Å²) in [6, 6.07) is 0. The van der Waals surface area contributed by atoms with Crippen molar-refractivity contribution in [3.05, 3.63) is 0 Å². The number of hydrogen-bond donors (Lipinski definition) is 2. The molecular formula is C21H42Cl2O4. The topological polar surface area (TPSA) is 74.6 Å². The Hall–Kier alpha value is -0.480. The fourth-order valence-corrected chi connectivity index (χ4v) is 3.20. The van der Waals surface area contributed by atoms with E-state index in [1.165, 1.54) is 83.5 Å². The minimum Gasteiger partial charge on any atom is -0.481 e. The third-order valence-electron chi connectivity index (χ3n) is 4.78. The second-order valence-electron chi connectivity index (χ2n) is 7.30. The summed E-state index contributed by atoms with van der Waals surface area (Å²) in [4.78, 5) is 20.7. The van der Waals surface area contributed by atoms with E-state index in [1.54, 1.807) is 0 Å². The predicted octanol–water partition coefficient (Wildman–Crippen LogP) is 7.41. The van der Waals surface area contributed by atoms with Crippen LogP contribution in [0.15, 0.2) is 0 Å². The Morgan fingerprint density at radius 2 is 0.519 bits per heavy atom. The van der Waals surface area contributed by atoms with Gasteiger partial charge in [-0.25, -0.2) is 0 Å². The molecule has 0 aliphatic rings. The van der Waals surface area contributed by atoms with Crippen molar-refractivity contribution in [2.45, 2.75) is 122 Å². The summed E-state index contributed by atoms with van der Waals surface area (Å²) in [6.07, 6.45) is 21.3. The smallest absolute Gasteiger partial charge is 0.303 e. The van der Waals surface area contributed by atoms with Gasteiger partial charge < -0.3 is 10.2 Å². The summed E-state index contributed by atoms with van der Waals surface area (Å²) in [5.41, 5.74) is 0. The molecule has 0 rings (SSSR count). The number of aliphatic carboxylic acids is 2. The van der Waals surface area contributed by atoms with E-state index < -0.39 is 11.9 Å². The Morgan fingerprint density at radius 1 is 0.370 bits per heavy atom. The molecule has 2 N–H and O–H groups in total. The highest BCUT2D eigenvalue weighted by molar-refractivity contribution is 5.85. The monoisotopic (exact) mass is 428 g/mol. The SMILES string of the molecule is Cl.Cl.O=C(O)CCCCCCCCCCCCCCCCCCCC(=O)O. The summed E-state index contributed by atoms with van der Waals surface area (Å²) in [5, 5.41) is 17.1. The molecule has 0 unspecified atom stereocenters. The minimum atomic E-state index is -0.671. The van der Waals surface area contributed by atoms with Crippen LogP contribution >= 0.6 is 24.8 Å². The highest BCUT2D eigenvalue weighted by Gasteiger charge is 1.98. The maximum Gasteiger partial charge on any atom is 0.303 e. The zero-order chi connectivity index (χ0) is 18.6. The van der Waals surface area contributed by atoms with Crippen LogP contribution in [0.3, 0.4) is 0 Å². The van der Waals surface area contributed by atoms with Gasteiger partial charge >= 0.3 is 11.9 Å². The Labute approximate surface area is 178 Å². The Morgan fingerprint density at radius 3 is 0.667 bits per heavy atom. The van der Waals surface area contributed by atoms with Crippen LogP contribution in [-0.4, -0.2) is 22.2 Å². The van der Waals surface area contributed by atoms with Gasteiger partial charge in [0, 0.05) is 12.8 Å². The molecule has 0 fully saturated rings. The number of carboxylic acids is 2. The lowest BCUT2D eigenvalue weighted by Gasteiger charge is -2.03. The lowest BCUT2D eigenvalue weighted by molar-refractivity contribution is -0.138. The molecule has 0 atom stereocenters. The van der Waals surface area contributed by atoms with E-state index in [-0.39, 0.29) is 24.8 Å². The molecule has 6 heteroatoms. The maximum atomic E-state index is 10.4. The van der Waals surface area contributed by atoms with Crippen molar-refractivity contribution in [3.63, 3.8) is 0 Å². The number of carboxylic acid groups (broad SMARTS) is 2. The van der Waals surface area contributed by atoms with Crippen LogP contribution in [0.1, 0.15) is 122 Å². The van der Waals surface area contributed by atoms with Crippen LogP contribution in [0.5, 0.6) is 0 Å². The van der Waals surface area contributed by atoms with E-state index in [2.05, 4.69) is 0 Å². The van der Waals surface area contributed by atoms with Crippen molar-refractivity contribution >= 4 is 36.8 Å². The zero-order valence-electron chi connectivity index (χ0n) is 17.0. The van der Waals surface area contributed by atoms with Crippen molar-refractivity contribution in [1.29, 1.82) is 0 Å². The fraction of sp³-hybridized carbons (Fsp3) is 0.905. The van der Waals surface area contributed by atoms with Crippen LogP contribution in [-0.2, 0) is 9.59 Å². The first-order chi connectivity index (χ1) is 12.1. The second-order valence-corrected chi connectivity index (χ2v) is 7.30. The average Bonchev–Trinajstić information content (AvgIpc) is 2.56. The molecule has 0 amide bonds. The molecule has 164 valence electrons. The van der Waals surface area contributed by atoms with Gasteiger partial charge in [-0.2, -0.15) is 0 Å². The number of unbranched alkanes of at least 4 members (excludes halogenated alkanes) is 16. The van der Waals surface area contributed by atoms with Crippen LogP contribution in [0, 0.1) is 0 Å². The summed E-state index contributed by atoms with van der Waals surface area (Å²) >= 11 is 0. The van der Waals surface area contributed by atoms with Gasteiger partial charge in [-0.05, 0) is 12.8 Å². The van der Waals surface area contributed by atoms with Gasteiger partial charge in [-0.3, -0.25) is 9.59 Å². The second kappa shape index (κ2) is 25.5. The number of carbonyl (C=O) groups is 2. The normalized spacial score (nSPS) is 10.1. The summed E-state index contributed by atoms with van der Waals surface area (Å²) < 4.78 is 0. The third kappa shape index (κ3) is 30.5. The molecule has 0 bridgehead atoms. The molecule has 0 radical (unpaired) electrons. The van der Waals surface area contributed by atoms with E-state index >= 15 is 0 Å². The molecule has 27 heavy (non-hydrogen) atoms. The molecule has 0 aliphatic carbocycles. The zero-order valence-corrected chi connectivity index (χ0v) is 18.6. The van der Waals surface area contributed by atoms with Crippen molar-refractivity contribution < 1.29 is 19.8 Å². The molecule has 4 nitrogen and oxygen atoms in total. The largest absolute Gasteiger partial charge is 0.481 e. The highest BCUT2D eigenvalue weighted by Crippen LogP contribution is 2.14. The van der Waals surface area contributed by atoms with E-state index in [1.807, 2.05) is 0 Å². The van der Waals surface area contributed by atoms with Crippen LogP contribution in [0.25, 0.3) is 0 Å². The Kier molecular flexibility index (Phi) is 29.5. The molecule has 0 saturated heterocycles. The quantitative estimate of drug-likeness (QED) is 0.198. The molecule has 0 aliphatic heterocycles. The fourth-order valence-electron chi connectivity index (χ4n) is 3.20. The van der Waals surface area contributed by atoms with E-state index in [9.17, 15) is 9.59 Å². The van der Waals surface area contributed by atoms with Crippen molar-refractivity contribution in [2.75, 3.05) is 0 Å². The van der Waals surface area contributed by atoms with Gasteiger partial charge in [-0.15, -0.1) is 24.8 Å². The van der Waals surface area contributed by atoms with Gasteiger partial charge in [0.25, 0.3) is 0 Å². The summed E-state index contributed by atoms with van der Waals surface area (Å²) in [7, 11) is 0. The Bertz CT molecular complexity index is 295. The number of rotatable bonds is 20. The standard InChI is InChI=1S/C21H40O4.2ClH/c22-20(23)18-16-14-12-10-8-6-4-2-1-3-5-7-9-11-13-15-17-19-21(24)25;;/h1-19H2,(H,22,23)(H,24,25);2*1H. The van der Waals surface area contributed by atoms with Gasteiger partial charge in [-0.1, -0.05) is 96.3 Å². The van der Waals surface area contributed by atoms with Gasteiger partial charge in [0.05, 0.1) is 0 Å². The number of halogens is 2. The molecule has 0 saturated carbocycles. The Balaban J connectivity index is -0.00000288. The molecular weight excluding hydrogens is 387 g/mol. The molecule has 0 spiro atoms. The van der Waals surface area contributed by atoms with Crippen molar-refractivity contribution in [1.82, 2.24) is 0 Å². The molecule has 0 aromatic heterocycles. The molecule has 0 aromatic rings. The van der Waals surface area contributed by atoms with E-state index in [0.717, 1.165) is 25.7 Å². The lowest BCUT2D eigenvalue weighted by atomic mass is 10.0. The van der Waals surface area contributed by atoms with Crippen LogP contribution in [0.4, 0.5) is 0 Å². The van der Waals surface area contributed by atoms with E-state index in [0.29, 0.717) is 12.8 Å². The van der Waals surface area contributed by atoms with Crippen molar-refractivity contribution in [3.8, 4) is 0 Å². The maximum absolute atomic E-state index is 10.4. The molecule has 0 heterocycles. The minimum absolute atomic E-state index is 0. The first-order valence-corrected chi connectivity index (χ1v) is 10.6. The van der Waals surface area contributed by atoms with Crippen molar-refractivity contribution in [2.24, 2.45) is 0 Å². The first kappa shape index (κ1) is 31.2. The average molecular weight is 429 g/mol. The summed E-state index contributed by atoms with van der Waals surface area (Å²) in [5.74, 6) is -1.34. The van der Waals surface area contributed by atoms with E-state index in [4.69, 9.17) is 10.2 Å². The summed E-state index contributed by atoms with van der Waals surface area (Å²) in [6.45, 7) is 0. The molecule has 0 aromatic carbocycles. The number of hydrogen-bond acceptors (Lipinski definition) is 2. The van der Waals surface area contributed by atoms with Gasteiger partial charge in [0.2, 0.25) is 0 Å². The van der Waals surface area contributed by atoms with Crippen LogP contribution < -0.4 is 0 Å². The van der Waals surface area contributed by atoms with Crippen LogP contribution in [0.2, 0.25) is 0 Å². The third-order valence-corrected chi connectivity index (χ3v) is 4.78. The van der Waals surface area contributed by atoms with Gasteiger partial charge in [0.1, 0.15) is 0 Å². The van der Waals surface area contributed by atoms with Gasteiger partial charge in [0.15, 0.2) is 0 Å². The first-order valence-electron chi connectivity index (χ1n) is 10.6. The lowest BCUT2D eigenvalue weighted by Crippen LogP contribution is -1.93.